The van der Waals surface area contributed by atoms with Gasteiger partial charge in [-0.25, -0.2) is 0 Å². The van der Waals surface area contributed by atoms with Crippen molar-refractivity contribution in [1.29, 1.82) is 0 Å². The quantitative estimate of drug-likeness (QED) is 0.641. The summed E-state index contributed by atoms with van der Waals surface area (Å²) in [6, 6.07) is 7.14. The van der Waals surface area contributed by atoms with E-state index >= 15 is 0 Å². The summed E-state index contributed by atoms with van der Waals surface area (Å²) in [5.74, 6) is -0.300. The number of ether oxygens (including phenoxy) is 1. The van der Waals surface area contributed by atoms with Gasteiger partial charge in [0.15, 0.2) is 0 Å². The van der Waals surface area contributed by atoms with Crippen molar-refractivity contribution in [3.63, 3.8) is 0 Å². The fraction of sp³-hybridized carbons (Fsp3) is 0.571. The van der Waals surface area contributed by atoms with Gasteiger partial charge >= 0.3 is 0 Å². The van der Waals surface area contributed by atoms with Crippen LogP contribution in [0.15, 0.2) is 24.3 Å². The van der Waals surface area contributed by atoms with E-state index in [2.05, 4.69) is 17.6 Å². The predicted octanol–water partition coefficient (Wildman–Crippen LogP) is 2.03. The number of likely N-dealkylation sites (tertiary alicyclic amines) is 1. The molecule has 1 aromatic carbocycles. The van der Waals surface area contributed by atoms with Gasteiger partial charge in [0.2, 0.25) is 17.7 Å². The molecule has 0 bridgehead atoms. The Morgan fingerprint density at radius 1 is 1.14 bits per heavy atom. The zero-order valence-electron chi connectivity index (χ0n) is 17.0. The largest absolute Gasteiger partial charge is 0.497 e. The van der Waals surface area contributed by atoms with Gasteiger partial charge in [-0.05, 0) is 30.5 Å². The number of nitrogens with zero attached hydrogens (tertiary/aromatic N) is 1. The third kappa shape index (κ3) is 5.47. The number of carbonyl (C=O) groups excluding carboxylic acids is 3. The standard InChI is InChI=1S/C21H31N3O4/c1-4-6-12-24-19(26)13-17(21(27)23-14-18(25)22-11-5-2)20(24)15-7-9-16(28-3)10-8-15/h7-10,17,20H,4-6,11-14H2,1-3H3,(H,22,25)(H,23,27). The predicted molar refractivity (Wildman–Crippen MR) is 107 cm³/mol. The highest BCUT2D eigenvalue weighted by Crippen LogP contribution is 2.39. The first-order valence-electron chi connectivity index (χ1n) is 9.99. The Morgan fingerprint density at radius 3 is 2.46 bits per heavy atom. The Morgan fingerprint density at radius 2 is 1.86 bits per heavy atom. The third-order valence-electron chi connectivity index (χ3n) is 4.97. The second-order valence-corrected chi connectivity index (χ2v) is 7.04. The van der Waals surface area contributed by atoms with E-state index < -0.39 is 5.92 Å². The Hall–Kier alpha value is -2.57. The van der Waals surface area contributed by atoms with Crippen LogP contribution in [0.4, 0.5) is 0 Å². The van der Waals surface area contributed by atoms with Gasteiger partial charge in [0, 0.05) is 19.5 Å². The highest BCUT2D eigenvalue weighted by molar-refractivity contribution is 5.92. The molecule has 28 heavy (non-hydrogen) atoms. The van der Waals surface area contributed by atoms with Gasteiger partial charge in [-0.15, -0.1) is 0 Å². The van der Waals surface area contributed by atoms with Crippen molar-refractivity contribution in [3.05, 3.63) is 29.8 Å². The molecule has 2 unspecified atom stereocenters. The number of hydrogen-bond acceptors (Lipinski definition) is 4. The van der Waals surface area contributed by atoms with Crippen molar-refractivity contribution in [2.75, 3.05) is 26.7 Å². The van der Waals surface area contributed by atoms with Crippen LogP contribution in [0.2, 0.25) is 0 Å². The van der Waals surface area contributed by atoms with Crippen molar-refractivity contribution >= 4 is 17.7 Å². The normalized spacial score (nSPS) is 18.8. The molecule has 1 heterocycles. The molecule has 1 saturated heterocycles. The van der Waals surface area contributed by atoms with Crippen molar-refractivity contribution in [2.24, 2.45) is 5.92 Å². The zero-order chi connectivity index (χ0) is 20.5. The lowest BCUT2D eigenvalue weighted by molar-refractivity contribution is -0.129. The minimum atomic E-state index is -0.517. The summed E-state index contributed by atoms with van der Waals surface area (Å²) in [5, 5.41) is 5.43. The van der Waals surface area contributed by atoms with Gasteiger partial charge < -0.3 is 20.3 Å². The number of nitrogens with one attached hydrogen (secondary N) is 2. The summed E-state index contributed by atoms with van der Waals surface area (Å²) >= 11 is 0. The van der Waals surface area contributed by atoms with E-state index in [-0.39, 0.29) is 36.7 Å². The second kappa shape index (κ2) is 10.7. The second-order valence-electron chi connectivity index (χ2n) is 7.04. The van der Waals surface area contributed by atoms with Crippen LogP contribution in [-0.4, -0.2) is 49.4 Å². The Bertz CT molecular complexity index is 675. The highest BCUT2D eigenvalue weighted by Gasteiger charge is 2.44. The van der Waals surface area contributed by atoms with Gasteiger partial charge in [-0.3, -0.25) is 14.4 Å². The summed E-state index contributed by atoms with van der Waals surface area (Å²) in [4.78, 5) is 39.0. The fourth-order valence-corrected chi connectivity index (χ4v) is 3.46. The first kappa shape index (κ1) is 21.7. The number of amides is 3. The topological polar surface area (TPSA) is 87.7 Å². The number of hydrogen-bond donors (Lipinski definition) is 2. The van der Waals surface area contributed by atoms with E-state index in [0.717, 1.165) is 30.6 Å². The summed E-state index contributed by atoms with van der Waals surface area (Å²) < 4.78 is 5.21. The first-order chi connectivity index (χ1) is 13.5. The molecule has 0 aliphatic carbocycles. The maximum absolute atomic E-state index is 12.8. The molecule has 0 saturated carbocycles. The molecule has 3 amide bonds. The minimum absolute atomic E-state index is 0.0233. The Balaban J connectivity index is 2.16. The van der Waals surface area contributed by atoms with Crippen molar-refractivity contribution in [3.8, 4) is 5.75 Å². The maximum Gasteiger partial charge on any atom is 0.239 e. The van der Waals surface area contributed by atoms with Crippen LogP contribution in [0.3, 0.4) is 0 Å². The monoisotopic (exact) mass is 389 g/mol. The van der Waals surface area contributed by atoms with Crippen LogP contribution in [-0.2, 0) is 14.4 Å². The lowest BCUT2D eigenvalue weighted by Gasteiger charge is -2.28. The van der Waals surface area contributed by atoms with Crippen LogP contribution < -0.4 is 15.4 Å². The molecule has 0 radical (unpaired) electrons. The average Bonchev–Trinajstić information content (AvgIpc) is 3.05. The van der Waals surface area contributed by atoms with E-state index in [9.17, 15) is 14.4 Å². The van der Waals surface area contributed by atoms with Crippen LogP contribution >= 0.6 is 0 Å². The van der Waals surface area contributed by atoms with E-state index in [0.29, 0.717) is 13.1 Å². The van der Waals surface area contributed by atoms with Crippen molar-refractivity contribution < 1.29 is 19.1 Å². The van der Waals surface area contributed by atoms with Crippen LogP contribution in [0.25, 0.3) is 0 Å². The highest BCUT2D eigenvalue weighted by atomic mass is 16.5. The lowest BCUT2D eigenvalue weighted by atomic mass is 9.92. The summed E-state index contributed by atoms with van der Waals surface area (Å²) in [6.45, 7) is 5.16. The van der Waals surface area contributed by atoms with Gasteiger partial charge in [0.1, 0.15) is 5.75 Å². The zero-order valence-corrected chi connectivity index (χ0v) is 17.0. The molecule has 0 aromatic heterocycles. The minimum Gasteiger partial charge on any atom is -0.497 e. The molecule has 7 nitrogen and oxygen atoms in total. The average molecular weight is 389 g/mol. The number of rotatable bonds is 10. The van der Waals surface area contributed by atoms with E-state index in [1.165, 1.54) is 0 Å². The van der Waals surface area contributed by atoms with E-state index in [1.807, 2.05) is 31.2 Å². The molecule has 2 N–H and O–H groups in total. The third-order valence-corrected chi connectivity index (χ3v) is 4.97. The molecule has 2 rings (SSSR count). The molecule has 1 aliphatic heterocycles. The molecule has 154 valence electrons. The molecular formula is C21H31N3O4. The molecule has 1 aromatic rings. The van der Waals surface area contributed by atoms with Gasteiger partial charge in [0.05, 0.1) is 25.6 Å². The number of carbonyl (C=O) groups is 3. The van der Waals surface area contributed by atoms with Crippen molar-refractivity contribution in [2.45, 2.75) is 45.6 Å². The Kier molecular flexibility index (Phi) is 8.29. The van der Waals surface area contributed by atoms with Gasteiger partial charge in [0.25, 0.3) is 0 Å². The lowest BCUT2D eigenvalue weighted by Crippen LogP contribution is -2.41. The molecule has 1 fully saturated rings. The van der Waals surface area contributed by atoms with Crippen LogP contribution in [0.5, 0.6) is 5.75 Å². The smallest absolute Gasteiger partial charge is 0.239 e. The molecule has 7 heteroatoms. The summed E-state index contributed by atoms with van der Waals surface area (Å²) in [7, 11) is 1.60. The van der Waals surface area contributed by atoms with E-state index in [4.69, 9.17) is 4.74 Å². The first-order valence-corrected chi connectivity index (χ1v) is 9.99. The van der Waals surface area contributed by atoms with E-state index in [1.54, 1.807) is 12.0 Å². The van der Waals surface area contributed by atoms with Gasteiger partial charge in [-0.1, -0.05) is 32.4 Å². The summed E-state index contributed by atoms with van der Waals surface area (Å²) in [6.07, 6.45) is 2.84. The maximum atomic E-state index is 12.8. The summed E-state index contributed by atoms with van der Waals surface area (Å²) in [5.41, 5.74) is 0.901. The molecule has 1 aliphatic rings. The molecule has 2 atom stereocenters. The number of unbranched alkanes of at least 4 members (excludes halogenated alkanes) is 1. The van der Waals surface area contributed by atoms with Crippen molar-refractivity contribution in [1.82, 2.24) is 15.5 Å². The Labute approximate surface area is 166 Å². The number of methoxy groups -OCH3 is 1. The SMILES string of the molecule is CCCCN1C(=O)CC(C(=O)NCC(=O)NCCC)C1c1ccc(OC)cc1. The number of benzene rings is 1. The molecule has 0 spiro atoms. The van der Waals surface area contributed by atoms with Gasteiger partial charge in [-0.2, -0.15) is 0 Å². The van der Waals surface area contributed by atoms with Crippen LogP contribution in [0, 0.1) is 5.92 Å². The fourth-order valence-electron chi connectivity index (χ4n) is 3.46. The molecular weight excluding hydrogens is 358 g/mol. The van der Waals surface area contributed by atoms with Crippen LogP contribution in [0.1, 0.15) is 51.1 Å².